The van der Waals surface area contributed by atoms with Crippen molar-refractivity contribution in [1.29, 1.82) is 0 Å². The van der Waals surface area contributed by atoms with Crippen molar-refractivity contribution in [2.24, 2.45) is 17.6 Å². The molecule has 19 heavy (non-hydrogen) atoms. The van der Waals surface area contributed by atoms with E-state index >= 15 is 0 Å². The molecule has 112 valence electrons. The van der Waals surface area contributed by atoms with Crippen LogP contribution in [0.25, 0.3) is 0 Å². The summed E-state index contributed by atoms with van der Waals surface area (Å²) in [6, 6.07) is 1.51. The van der Waals surface area contributed by atoms with Gasteiger partial charge in [-0.2, -0.15) is 0 Å². The Kier molecular flexibility index (Phi) is 6.15. The quantitative estimate of drug-likeness (QED) is 0.759. The molecule has 2 N–H and O–H groups in total. The predicted octanol–water partition coefficient (Wildman–Crippen LogP) is 3.79. The average Bonchev–Trinajstić information content (AvgIpc) is 3.06. The van der Waals surface area contributed by atoms with E-state index in [1.54, 1.807) is 0 Å². The van der Waals surface area contributed by atoms with Crippen LogP contribution in [0.3, 0.4) is 0 Å². The number of hydrogen-bond donors (Lipinski definition) is 1. The van der Waals surface area contributed by atoms with Crippen molar-refractivity contribution in [3.63, 3.8) is 0 Å². The lowest BCUT2D eigenvalue weighted by Gasteiger charge is -2.39. The zero-order chi connectivity index (χ0) is 13.7. The molecule has 0 saturated heterocycles. The molecule has 0 spiro atoms. The van der Waals surface area contributed by atoms with Gasteiger partial charge in [0.2, 0.25) is 0 Å². The molecule has 2 aliphatic rings. The van der Waals surface area contributed by atoms with Crippen LogP contribution in [0.2, 0.25) is 0 Å². The average molecular weight is 266 g/mol. The number of nitrogens with two attached hydrogens (primary N) is 1. The molecule has 0 radical (unpaired) electrons. The van der Waals surface area contributed by atoms with Crippen LogP contribution < -0.4 is 5.73 Å². The first-order chi connectivity index (χ1) is 9.22. The summed E-state index contributed by atoms with van der Waals surface area (Å²) in [5.74, 6) is 1.70. The van der Waals surface area contributed by atoms with Crippen molar-refractivity contribution < 1.29 is 0 Å². The van der Waals surface area contributed by atoms with Crippen LogP contribution in [0.15, 0.2) is 0 Å². The molecule has 2 heteroatoms. The number of rotatable bonds is 7. The summed E-state index contributed by atoms with van der Waals surface area (Å²) in [6.07, 6.45) is 12.8. The van der Waals surface area contributed by atoms with Crippen LogP contribution in [0.4, 0.5) is 0 Å². The lowest BCUT2D eigenvalue weighted by molar-refractivity contribution is 0.0923. The number of nitrogens with zero attached hydrogens (tertiary/aromatic N) is 1. The third-order valence-corrected chi connectivity index (χ3v) is 5.37. The van der Waals surface area contributed by atoms with E-state index in [9.17, 15) is 0 Å². The Bertz CT molecular complexity index is 240. The Labute approximate surface area is 120 Å². The summed E-state index contributed by atoms with van der Waals surface area (Å²) in [4.78, 5) is 2.84. The highest BCUT2D eigenvalue weighted by Gasteiger charge is 2.33. The fraction of sp³-hybridized carbons (Fsp3) is 1.00. The first-order valence-corrected chi connectivity index (χ1v) is 8.68. The van der Waals surface area contributed by atoms with E-state index in [4.69, 9.17) is 5.73 Å². The predicted molar refractivity (Wildman–Crippen MR) is 83.2 cm³/mol. The Morgan fingerprint density at radius 3 is 2.11 bits per heavy atom. The molecule has 0 bridgehead atoms. The molecule has 0 aromatic rings. The van der Waals surface area contributed by atoms with Gasteiger partial charge in [-0.25, -0.2) is 0 Å². The molecule has 1 unspecified atom stereocenters. The number of hydrogen-bond acceptors (Lipinski definition) is 2. The van der Waals surface area contributed by atoms with Gasteiger partial charge in [0.05, 0.1) is 0 Å². The second-order valence-corrected chi connectivity index (χ2v) is 7.21. The Hall–Kier alpha value is -0.0800. The molecule has 0 aliphatic heterocycles. The summed E-state index contributed by atoms with van der Waals surface area (Å²) in [6.45, 7) is 6.85. The van der Waals surface area contributed by atoms with Crippen LogP contribution in [0, 0.1) is 11.8 Å². The SMILES string of the molecule is CC(C)CCN(C1CCCC1)C(CN)C1CCCC1. The molecule has 2 rings (SSSR count). The summed E-state index contributed by atoms with van der Waals surface area (Å²) in [7, 11) is 0. The molecule has 2 nitrogen and oxygen atoms in total. The first kappa shape index (κ1) is 15.3. The highest BCUT2D eigenvalue weighted by molar-refractivity contribution is 4.89. The van der Waals surface area contributed by atoms with Gasteiger partial charge >= 0.3 is 0 Å². The van der Waals surface area contributed by atoms with Crippen molar-refractivity contribution in [1.82, 2.24) is 4.90 Å². The van der Waals surface area contributed by atoms with Gasteiger partial charge < -0.3 is 5.73 Å². The molecular formula is C17H34N2. The molecule has 0 aromatic carbocycles. The smallest absolute Gasteiger partial charge is 0.0249 e. The minimum Gasteiger partial charge on any atom is -0.329 e. The summed E-state index contributed by atoms with van der Waals surface area (Å²) in [5, 5.41) is 0. The van der Waals surface area contributed by atoms with Crippen LogP contribution >= 0.6 is 0 Å². The standard InChI is InChI=1S/C17H34N2/c1-14(2)11-12-19(16-9-5-6-10-16)17(13-18)15-7-3-4-8-15/h14-17H,3-13,18H2,1-2H3. The minimum absolute atomic E-state index is 0.671. The summed E-state index contributed by atoms with van der Waals surface area (Å²) >= 11 is 0. The highest BCUT2D eigenvalue weighted by atomic mass is 15.2. The third-order valence-electron chi connectivity index (χ3n) is 5.37. The monoisotopic (exact) mass is 266 g/mol. The van der Waals surface area contributed by atoms with Crippen molar-refractivity contribution in [2.75, 3.05) is 13.1 Å². The van der Waals surface area contributed by atoms with E-state index in [1.165, 1.54) is 64.3 Å². The molecule has 2 aliphatic carbocycles. The fourth-order valence-corrected chi connectivity index (χ4v) is 4.20. The molecule has 1 atom stereocenters. The zero-order valence-corrected chi connectivity index (χ0v) is 13.1. The molecule has 2 saturated carbocycles. The Morgan fingerprint density at radius 2 is 1.58 bits per heavy atom. The lowest BCUT2D eigenvalue weighted by atomic mass is 9.94. The van der Waals surface area contributed by atoms with Gasteiger partial charge in [-0.15, -0.1) is 0 Å². The molecule has 0 aromatic heterocycles. The van der Waals surface area contributed by atoms with Gasteiger partial charge in [0.1, 0.15) is 0 Å². The fourth-order valence-electron chi connectivity index (χ4n) is 4.20. The second-order valence-electron chi connectivity index (χ2n) is 7.21. The largest absolute Gasteiger partial charge is 0.329 e. The van der Waals surface area contributed by atoms with Crippen molar-refractivity contribution in [3.8, 4) is 0 Å². The summed E-state index contributed by atoms with van der Waals surface area (Å²) in [5.41, 5.74) is 6.19. The van der Waals surface area contributed by atoms with E-state index in [0.717, 1.165) is 24.4 Å². The zero-order valence-electron chi connectivity index (χ0n) is 13.1. The minimum atomic E-state index is 0.671. The van der Waals surface area contributed by atoms with E-state index in [-0.39, 0.29) is 0 Å². The van der Waals surface area contributed by atoms with E-state index < -0.39 is 0 Å². The van der Waals surface area contributed by atoms with Crippen LogP contribution in [0.1, 0.15) is 71.6 Å². The molecule has 2 fully saturated rings. The second kappa shape index (κ2) is 7.64. The van der Waals surface area contributed by atoms with Crippen LogP contribution in [0.5, 0.6) is 0 Å². The van der Waals surface area contributed by atoms with E-state index in [1.807, 2.05) is 0 Å². The molecule has 0 amide bonds. The van der Waals surface area contributed by atoms with E-state index in [2.05, 4.69) is 18.7 Å². The normalized spacial score (nSPS) is 23.8. The van der Waals surface area contributed by atoms with Gasteiger partial charge in [0.15, 0.2) is 0 Å². The first-order valence-electron chi connectivity index (χ1n) is 8.68. The van der Waals surface area contributed by atoms with Crippen LogP contribution in [-0.4, -0.2) is 30.1 Å². The maximum atomic E-state index is 6.19. The van der Waals surface area contributed by atoms with Crippen molar-refractivity contribution in [2.45, 2.75) is 83.7 Å². The summed E-state index contributed by atoms with van der Waals surface area (Å²) < 4.78 is 0. The maximum Gasteiger partial charge on any atom is 0.0249 e. The lowest BCUT2D eigenvalue weighted by Crippen LogP contribution is -2.50. The Morgan fingerprint density at radius 1 is 1.00 bits per heavy atom. The topological polar surface area (TPSA) is 29.3 Å². The molecule has 0 heterocycles. The van der Waals surface area contributed by atoms with Gasteiger partial charge in [0, 0.05) is 18.6 Å². The van der Waals surface area contributed by atoms with Crippen LogP contribution in [-0.2, 0) is 0 Å². The van der Waals surface area contributed by atoms with Crippen molar-refractivity contribution in [3.05, 3.63) is 0 Å². The van der Waals surface area contributed by atoms with E-state index in [0.29, 0.717) is 6.04 Å². The van der Waals surface area contributed by atoms with Gasteiger partial charge in [-0.1, -0.05) is 39.5 Å². The van der Waals surface area contributed by atoms with Gasteiger partial charge in [0.25, 0.3) is 0 Å². The third kappa shape index (κ3) is 4.19. The van der Waals surface area contributed by atoms with Gasteiger partial charge in [-0.3, -0.25) is 4.90 Å². The maximum absolute atomic E-state index is 6.19. The van der Waals surface area contributed by atoms with Gasteiger partial charge in [-0.05, 0) is 50.5 Å². The highest BCUT2D eigenvalue weighted by Crippen LogP contribution is 2.34. The Balaban J connectivity index is 1.99. The molecular weight excluding hydrogens is 232 g/mol. The van der Waals surface area contributed by atoms with Crippen molar-refractivity contribution >= 4 is 0 Å².